The third kappa shape index (κ3) is 2.56. The Labute approximate surface area is 88.5 Å². The summed E-state index contributed by atoms with van der Waals surface area (Å²) in [5, 5.41) is 2.02. The standard InChI is InChI=1S/C10H16N2OS/c1-8(9-4-3-7-14-9)12(2)10(13)5-6-11/h3-4,7-8H,5-6,11H2,1-2H3. The lowest BCUT2D eigenvalue weighted by Crippen LogP contribution is -2.30. The molecule has 1 amide bonds. The minimum Gasteiger partial charge on any atom is -0.338 e. The van der Waals surface area contributed by atoms with Crippen LogP contribution in [0.3, 0.4) is 0 Å². The number of hydrogen-bond acceptors (Lipinski definition) is 3. The molecular formula is C10H16N2OS. The van der Waals surface area contributed by atoms with Crippen molar-refractivity contribution in [3.05, 3.63) is 22.4 Å². The fraction of sp³-hybridized carbons (Fsp3) is 0.500. The van der Waals surface area contributed by atoms with E-state index in [9.17, 15) is 4.79 Å². The molecule has 1 aromatic rings. The summed E-state index contributed by atoms with van der Waals surface area (Å²) in [5.74, 6) is 0.105. The smallest absolute Gasteiger partial charge is 0.224 e. The summed E-state index contributed by atoms with van der Waals surface area (Å²) in [6.07, 6.45) is 0.423. The highest BCUT2D eigenvalue weighted by molar-refractivity contribution is 7.10. The molecular weight excluding hydrogens is 196 g/mol. The SMILES string of the molecule is CC(c1cccs1)N(C)C(=O)CCN. The predicted molar refractivity (Wildman–Crippen MR) is 59.2 cm³/mol. The Morgan fingerprint density at radius 2 is 2.43 bits per heavy atom. The molecule has 1 heterocycles. The van der Waals surface area contributed by atoms with Crippen molar-refractivity contribution in [1.29, 1.82) is 0 Å². The van der Waals surface area contributed by atoms with E-state index in [2.05, 4.69) is 0 Å². The van der Waals surface area contributed by atoms with Gasteiger partial charge in [0, 0.05) is 24.9 Å². The number of thiophene rings is 1. The first-order valence-corrected chi connectivity index (χ1v) is 5.54. The molecule has 0 aliphatic heterocycles. The summed E-state index contributed by atoms with van der Waals surface area (Å²) >= 11 is 1.67. The van der Waals surface area contributed by atoms with E-state index in [1.54, 1.807) is 16.2 Å². The van der Waals surface area contributed by atoms with Gasteiger partial charge in [-0.2, -0.15) is 0 Å². The van der Waals surface area contributed by atoms with Gasteiger partial charge in [0.25, 0.3) is 0 Å². The maximum Gasteiger partial charge on any atom is 0.224 e. The quantitative estimate of drug-likeness (QED) is 0.824. The molecule has 1 unspecified atom stereocenters. The fourth-order valence-corrected chi connectivity index (χ4v) is 2.06. The molecule has 0 saturated heterocycles. The van der Waals surface area contributed by atoms with E-state index in [4.69, 9.17) is 5.73 Å². The van der Waals surface area contributed by atoms with Crippen LogP contribution < -0.4 is 5.73 Å². The molecule has 0 aliphatic carbocycles. The van der Waals surface area contributed by atoms with E-state index < -0.39 is 0 Å². The van der Waals surface area contributed by atoms with Gasteiger partial charge >= 0.3 is 0 Å². The molecule has 0 aliphatic rings. The number of carbonyl (C=O) groups excluding carboxylic acids is 1. The summed E-state index contributed by atoms with van der Waals surface area (Å²) in [5.41, 5.74) is 5.34. The Bertz CT molecular complexity index is 284. The van der Waals surface area contributed by atoms with Crippen LogP contribution in [0.25, 0.3) is 0 Å². The van der Waals surface area contributed by atoms with Crippen LogP contribution in [-0.4, -0.2) is 24.4 Å². The van der Waals surface area contributed by atoms with Crippen molar-refractivity contribution in [3.8, 4) is 0 Å². The monoisotopic (exact) mass is 212 g/mol. The fourth-order valence-electron chi connectivity index (χ4n) is 1.24. The van der Waals surface area contributed by atoms with Crippen LogP contribution in [0.1, 0.15) is 24.3 Å². The average molecular weight is 212 g/mol. The van der Waals surface area contributed by atoms with E-state index in [0.29, 0.717) is 13.0 Å². The van der Waals surface area contributed by atoms with Crippen LogP contribution >= 0.6 is 11.3 Å². The number of nitrogens with two attached hydrogens (primary N) is 1. The Kier molecular flexibility index (Phi) is 4.10. The molecule has 1 rings (SSSR count). The second-order valence-electron chi connectivity index (χ2n) is 3.23. The Morgan fingerprint density at radius 1 is 1.71 bits per heavy atom. The zero-order valence-corrected chi connectivity index (χ0v) is 9.38. The summed E-state index contributed by atoms with van der Waals surface area (Å²) in [4.78, 5) is 14.5. The molecule has 2 N–H and O–H groups in total. The second-order valence-corrected chi connectivity index (χ2v) is 4.21. The number of nitrogens with zero attached hydrogens (tertiary/aromatic N) is 1. The zero-order chi connectivity index (χ0) is 10.6. The van der Waals surface area contributed by atoms with E-state index in [1.807, 2.05) is 31.5 Å². The molecule has 0 fully saturated rings. The summed E-state index contributed by atoms with van der Waals surface area (Å²) in [6.45, 7) is 2.45. The molecule has 4 heteroatoms. The van der Waals surface area contributed by atoms with Crippen LogP contribution in [0.15, 0.2) is 17.5 Å². The van der Waals surface area contributed by atoms with Crippen LogP contribution in [0.5, 0.6) is 0 Å². The Morgan fingerprint density at radius 3 is 2.93 bits per heavy atom. The minimum atomic E-state index is 0.105. The van der Waals surface area contributed by atoms with Crippen molar-refractivity contribution >= 4 is 17.2 Å². The lowest BCUT2D eigenvalue weighted by atomic mass is 10.2. The van der Waals surface area contributed by atoms with E-state index >= 15 is 0 Å². The predicted octanol–water partition coefficient (Wildman–Crippen LogP) is 1.62. The third-order valence-corrected chi connectivity index (χ3v) is 3.33. The molecule has 14 heavy (non-hydrogen) atoms. The molecule has 78 valence electrons. The maximum absolute atomic E-state index is 11.5. The average Bonchev–Trinajstić information content (AvgIpc) is 2.68. The van der Waals surface area contributed by atoms with Gasteiger partial charge in [0.1, 0.15) is 0 Å². The first-order valence-electron chi connectivity index (χ1n) is 4.66. The van der Waals surface area contributed by atoms with Gasteiger partial charge < -0.3 is 10.6 Å². The molecule has 0 bridgehead atoms. The van der Waals surface area contributed by atoms with Gasteiger partial charge in [-0.25, -0.2) is 0 Å². The first-order chi connectivity index (χ1) is 6.66. The lowest BCUT2D eigenvalue weighted by molar-refractivity contribution is -0.131. The normalized spacial score (nSPS) is 12.5. The topological polar surface area (TPSA) is 46.3 Å². The van der Waals surface area contributed by atoms with Crippen LogP contribution in [0, 0.1) is 0 Å². The first kappa shape index (κ1) is 11.2. The number of amides is 1. The van der Waals surface area contributed by atoms with Gasteiger partial charge in [-0.05, 0) is 18.4 Å². The highest BCUT2D eigenvalue weighted by Gasteiger charge is 2.16. The zero-order valence-electron chi connectivity index (χ0n) is 8.56. The Balaban J connectivity index is 2.61. The lowest BCUT2D eigenvalue weighted by Gasteiger charge is -2.23. The van der Waals surface area contributed by atoms with Crippen LogP contribution in [0.4, 0.5) is 0 Å². The number of rotatable bonds is 4. The largest absolute Gasteiger partial charge is 0.338 e. The van der Waals surface area contributed by atoms with Crippen LogP contribution in [0.2, 0.25) is 0 Å². The van der Waals surface area contributed by atoms with E-state index in [1.165, 1.54) is 4.88 Å². The highest BCUT2D eigenvalue weighted by Crippen LogP contribution is 2.23. The summed E-state index contributed by atoms with van der Waals surface area (Å²) in [6, 6.07) is 4.19. The van der Waals surface area contributed by atoms with Crippen molar-refractivity contribution in [2.45, 2.75) is 19.4 Å². The molecule has 0 radical (unpaired) electrons. The van der Waals surface area contributed by atoms with Gasteiger partial charge in [-0.3, -0.25) is 4.79 Å². The molecule has 1 atom stereocenters. The summed E-state index contributed by atoms with van der Waals surface area (Å²) in [7, 11) is 1.82. The maximum atomic E-state index is 11.5. The van der Waals surface area contributed by atoms with E-state index in [-0.39, 0.29) is 11.9 Å². The highest BCUT2D eigenvalue weighted by atomic mass is 32.1. The minimum absolute atomic E-state index is 0.105. The molecule has 0 aromatic carbocycles. The van der Waals surface area contributed by atoms with Crippen molar-refractivity contribution in [1.82, 2.24) is 4.90 Å². The van der Waals surface area contributed by atoms with Crippen LogP contribution in [-0.2, 0) is 4.79 Å². The molecule has 3 nitrogen and oxygen atoms in total. The van der Waals surface area contributed by atoms with Gasteiger partial charge in [0.2, 0.25) is 5.91 Å². The van der Waals surface area contributed by atoms with Crippen molar-refractivity contribution in [2.75, 3.05) is 13.6 Å². The number of carbonyl (C=O) groups is 1. The molecule has 0 spiro atoms. The Hall–Kier alpha value is -0.870. The third-order valence-electron chi connectivity index (χ3n) is 2.29. The van der Waals surface area contributed by atoms with Gasteiger partial charge in [0.05, 0.1) is 6.04 Å². The van der Waals surface area contributed by atoms with Gasteiger partial charge in [0.15, 0.2) is 0 Å². The summed E-state index contributed by atoms with van der Waals surface area (Å²) < 4.78 is 0. The van der Waals surface area contributed by atoms with Crippen molar-refractivity contribution in [2.24, 2.45) is 5.73 Å². The second kappa shape index (κ2) is 5.12. The van der Waals surface area contributed by atoms with Crippen molar-refractivity contribution in [3.63, 3.8) is 0 Å². The molecule has 1 aromatic heterocycles. The molecule has 0 saturated carbocycles. The van der Waals surface area contributed by atoms with Crippen molar-refractivity contribution < 1.29 is 4.79 Å². The van der Waals surface area contributed by atoms with Gasteiger partial charge in [-0.1, -0.05) is 6.07 Å². The van der Waals surface area contributed by atoms with Gasteiger partial charge in [-0.15, -0.1) is 11.3 Å². The van der Waals surface area contributed by atoms with E-state index in [0.717, 1.165) is 0 Å². The number of hydrogen-bond donors (Lipinski definition) is 1.